The molecule has 1 aliphatic carbocycles. The van der Waals surface area contributed by atoms with Gasteiger partial charge in [0.25, 0.3) is 0 Å². The summed E-state index contributed by atoms with van der Waals surface area (Å²) in [7, 11) is 0. The van der Waals surface area contributed by atoms with E-state index in [0.717, 1.165) is 25.1 Å². The molecule has 2 aromatic rings. The maximum atomic E-state index is 5.86. The van der Waals surface area contributed by atoms with Crippen LogP contribution in [-0.2, 0) is 12.8 Å². The summed E-state index contributed by atoms with van der Waals surface area (Å²) in [6.45, 7) is 4.92. The van der Waals surface area contributed by atoms with Crippen LogP contribution in [0.2, 0.25) is 0 Å². The molecule has 0 aromatic heterocycles. The first kappa shape index (κ1) is 15.3. The Morgan fingerprint density at radius 2 is 2.04 bits per heavy atom. The van der Waals surface area contributed by atoms with Gasteiger partial charge in [-0.2, -0.15) is 0 Å². The second-order valence-corrected chi connectivity index (χ2v) is 6.67. The van der Waals surface area contributed by atoms with E-state index < -0.39 is 0 Å². The van der Waals surface area contributed by atoms with E-state index in [4.69, 9.17) is 11.2 Å². The fraction of sp³-hybridized carbons (Fsp3) is 0.364. The second-order valence-electron chi connectivity index (χ2n) is 6.67. The van der Waals surface area contributed by atoms with Crippen molar-refractivity contribution in [2.75, 3.05) is 19.7 Å². The zero-order chi connectivity index (χ0) is 16.5. The molecule has 2 aliphatic rings. The van der Waals surface area contributed by atoms with E-state index in [9.17, 15) is 0 Å². The van der Waals surface area contributed by atoms with E-state index in [-0.39, 0.29) is 0 Å². The predicted octanol–water partition coefficient (Wildman–Crippen LogP) is 4.23. The minimum Gasteiger partial charge on any atom is -0.480 e. The van der Waals surface area contributed by atoms with Gasteiger partial charge in [0.05, 0.1) is 0 Å². The van der Waals surface area contributed by atoms with E-state index in [0.29, 0.717) is 12.6 Å². The summed E-state index contributed by atoms with van der Waals surface area (Å²) >= 11 is 0. The van der Waals surface area contributed by atoms with Gasteiger partial charge < -0.3 is 4.74 Å². The minimum absolute atomic E-state index is 0.316. The zero-order valence-electron chi connectivity index (χ0n) is 14.2. The van der Waals surface area contributed by atoms with Crippen LogP contribution in [0, 0.1) is 12.3 Å². The summed E-state index contributed by atoms with van der Waals surface area (Å²) in [6.07, 6.45) is 8.80. The van der Waals surface area contributed by atoms with Crippen LogP contribution in [0.25, 0.3) is 11.1 Å². The van der Waals surface area contributed by atoms with E-state index in [1.54, 1.807) is 0 Å². The number of hydrogen-bond donors (Lipinski definition) is 0. The van der Waals surface area contributed by atoms with Crippen molar-refractivity contribution >= 4 is 0 Å². The highest BCUT2D eigenvalue weighted by atomic mass is 16.5. The average molecular weight is 317 g/mol. The maximum Gasteiger partial charge on any atom is 0.148 e. The van der Waals surface area contributed by atoms with Crippen LogP contribution in [0.3, 0.4) is 0 Å². The van der Waals surface area contributed by atoms with Crippen LogP contribution in [0.1, 0.15) is 36.1 Å². The van der Waals surface area contributed by atoms with Crippen molar-refractivity contribution in [3.8, 4) is 29.2 Å². The van der Waals surface area contributed by atoms with Gasteiger partial charge in [-0.15, -0.1) is 6.42 Å². The molecule has 1 heterocycles. The van der Waals surface area contributed by atoms with E-state index in [1.165, 1.54) is 40.8 Å². The summed E-state index contributed by atoms with van der Waals surface area (Å²) in [5.41, 5.74) is 6.98. The monoisotopic (exact) mass is 317 g/mol. The molecule has 4 rings (SSSR count). The summed E-state index contributed by atoms with van der Waals surface area (Å²) in [5.74, 6) is 3.50. The lowest BCUT2D eigenvalue weighted by Crippen LogP contribution is -2.38. The van der Waals surface area contributed by atoms with Crippen LogP contribution in [0.15, 0.2) is 36.4 Å². The van der Waals surface area contributed by atoms with Crippen molar-refractivity contribution in [3.05, 3.63) is 53.1 Å². The van der Waals surface area contributed by atoms with Crippen LogP contribution in [0.4, 0.5) is 0 Å². The zero-order valence-corrected chi connectivity index (χ0v) is 14.2. The Morgan fingerprint density at radius 1 is 1.21 bits per heavy atom. The van der Waals surface area contributed by atoms with Gasteiger partial charge in [0, 0.05) is 18.2 Å². The molecule has 2 aromatic carbocycles. The number of benzene rings is 2. The molecular formula is C22H23NO. The van der Waals surface area contributed by atoms with Crippen LogP contribution < -0.4 is 4.74 Å². The van der Waals surface area contributed by atoms with Gasteiger partial charge in [0.2, 0.25) is 0 Å². The standard InChI is InChI=1S/C22H23NO/c1-3-12-23-13-11-16-7-5-9-18-21(16)19(23)15-17-8-6-10-20(22(17)18)24-14-4-2/h2,5-10,19H,3,11-15H2,1H3. The Hall–Kier alpha value is -2.24. The van der Waals surface area contributed by atoms with Gasteiger partial charge in [-0.1, -0.05) is 43.2 Å². The van der Waals surface area contributed by atoms with Crippen LogP contribution in [0.5, 0.6) is 5.75 Å². The minimum atomic E-state index is 0.316. The molecule has 24 heavy (non-hydrogen) atoms. The highest BCUT2D eigenvalue weighted by Gasteiger charge is 2.34. The summed E-state index contributed by atoms with van der Waals surface area (Å²) in [5, 5.41) is 0. The molecule has 2 heteroatoms. The van der Waals surface area contributed by atoms with Gasteiger partial charge in [-0.3, -0.25) is 4.90 Å². The summed E-state index contributed by atoms with van der Waals surface area (Å²) in [6, 6.07) is 13.6. The molecule has 0 radical (unpaired) electrons. The first-order chi connectivity index (χ1) is 11.8. The smallest absolute Gasteiger partial charge is 0.148 e. The van der Waals surface area contributed by atoms with Crippen LogP contribution >= 0.6 is 0 Å². The fourth-order valence-electron chi connectivity index (χ4n) is 4.33. The van der Waals surface area contributed by atoms with Gasteiger partial charge in [-0.05, 0) is 54.1 Å². The Labute approximate surface area is 144 Å². The third-order valence-electron chi connectivity index (χ3n) is 5.26. The molecule has 1 aliphatic heterocycles. The Kier molecular flexibility index (Phi) is 4.04. The molecule has 1 atom stereocenters. The highest BCUT2D eigenvalue weighted by Crippen LogP contribution is 2.48. The SMILES string of the molecule is C#CCOc1cccc2c1-c1cccc3c1C(C2)N(CCC)CC3. The fourth-order valence-corrected chi connectivity index (χ4v) is 4.33. The van der Waals surface area contributed by atoms with Crippen molar-refractivity contribution in [1.82, 2.24) is 4.90 Å². The Morgan fingerprint density at radius 3 is 2.88 bits per heavy atom. The first-order valence-corrected chi connectivity index (χ1v) is 8.87. The lowest BCUT2D eigenvalue weighted by Gasteiger charge is -2.41. The molecule has 0 N–H and O–H groups in total. The van der Waals surface area contributed by atoms with Crippen molar-refractivity contribution in [3.63, 3.8) is 0 Å². The molecule has 0 bridgehead atoms. The summed E-state index contributed by atoms with van der Waals surface area (Å²) in [4.78, 5) is 2.66. The Balaban J connectivity index is 1.87. The average Bonchev–Trinajstić information content (AvgIpc) is 2.62. The molecule has 122 valence electrons. The van der Waals surface area contributed by atoms with Crippen molar-refractivity contribution in [2.24, 2.45) is 0 Å². The molecule has 0 amide bonds. The topological polar surface area (TPSA) is 12.5 Å². The second kappa shape index (κ2) is 6.34. The summed E-state index contributed by atoms with van der Waals surface area (Å²) < 4.78 is 5.86. The lowest BCUT2D eigenvalue weighted by molar-refractivity contribution is 0.183. The van der Waals surface area contributed by atoms with Crippen molar-refractivity contribution in [1.29, 1.82) is 0 Å². The van der Waals surface area contributed by atoms with Gasteiger partial charge in [-0.25, -0.2) is 0 Å². The molecule has 0 spiro atoms. The maximum absolute atomic E-state index is 5.86. The van der Waals surface area contributed by atoms with Crippen molar-refractivity contribution < 1.29 is 4.74 Å². The molecular weight excluding hydrogens is 294 g/mol. The largest absolute Gasteiger partial charge is 0.480 e. The number of nitrogens with zero attached hydrogens (tertiary/aromatic N) is 1. The van der Waals surface area contributed by atoms with Gasteiger partial charge in [0.15, 0.2) is 0 Å². The number of rotatable bonds is 4. The predicted molar refractivity (Wildman–Crippen MR) is 98.2 cm³/mol. The highest BCUT2D eigenvalue weighted by molar-refractivity contribution is 5.80. The molecule has 1 unspecified atom stereocenters. The Bertz CT molecular complexity index is 802. The molecule has 0 saturated carbocycles. The van der Waals surface area contributed by atoms with Gasteiger partial charge in [0.1, 0.15) is 12.4 Å². The van der Waals surface area contributed by atoms with E-state index in [1.807, 2.05) is 6.07 Å². The number of fused-ring (bicyclic) bond motifs is 2. The quantitative estimate of drug-likeness (QED) is 0.783. The van der Waals surface area contributed by atoms with Crippen molar-refractivity contribution in [2.45, 2.75) is 32.2 Å². The number of ether oxygens (including phenoxy) is 1. The number of hydrogen-bond acceptors (Lipinski definition) is 2. The lowest BCUT2D eigenvalue weighted by atomic mass is 9.77. The molecule has 0 fully saturated rings. The van der Waals surface area contributed by atoms with Crippen LogP contribution in [-0.4, -0.2) is 24.6 Å². The normalized spacial score (nSPS) is 18.4. The third-order valence-corrected chi connectivity index (χ3v) is 5.26. The molecule has 2 nitrogen and oxygen atoms in total. The van der Waals surface area contributed by atoms with E-state index >= 15 is 0 Å². The number of terminal acetylenes is 1. The van der Waals surface area contributed by atoms with Gasteiger partial charge >= 0.3 is 0 Å². The van der Waals surface area contributed by atoms with E-state index in [2.05, 4.69) is 48.1 Å². The third kappa shape index (κ3) is 2.41. The first-order valence-electron chi connectivity index (χ1n) is 8.87. The molecule has 0 saturated heterocycles.